The van der Waals surface area contributed by atoms with Crippen molar-refractivity contribution in [2.45, 2.75) is 59.3 Å². The lowest BCUT2D eigenvalue weighted by Gasteiger charge is -2.10. The van der Waals surface area contributed by atoms with Crippen molar-refractivity contribution in [3.63, 3.8) is 0 Å². The second-order valence-corrected chi connectivity index (χ2v) is 12.6. The first kappa shape index (κ1) is 32.8. The highest BCUT2D eigenvalue weighted by Gasteiger charge is 2.10. The van der Waals surface area contributed by atoms with Gasteiger partial charge in [0.15, 0.2) is 0 Å². The van der Waals surface area contributed by atoms with Gasteiger partial charge in [-0.2, -0.15) is 0 Å². The molecule has 0 heterocycles. The maximum absolute atomic E-state index is 15.5. The number of aryl methyl sites for hydroxylation is 2. The van der Waals surface area contributed by atoms with Gasteiger partial charge >= 0.3 is 0 Å². The van der Waals surface area contributed by atoms with E-state index in [9.17, 15) is 0 Å². The Morgan fingerprint density at radius 1 is 0.562 bits per heavy atom. The number of rotatable bonds is 11. The molecule has 0 spiro atoms. The number of hydrogen-bond acceptors (Lipinski definition) is 1. The Balaban J connectivity index is 1.15. The van der Waals surface area contributed by atoms with Gasteiger partial charge in [-0.15, -0.1) is 0 Å². The molecule has 0 N–H and O–H groups in total. The second-order valence-electron chi connectivity index (χ2n) is 12.6. The standard InChI is InChI=1S/C46H43FO/c1-4-6-8-9-34-10-15-36(16-11-34)37-18-20-38(21-19-37)40-22-23-42-31-43(25-24-41(42)30-40)45-29-33(3)39(32-46(45)47)17-12-35-13-26-44(27-14-35)48-28-7-5-2/h10-11,13-16,18-27,29-32H,4-9,28H2,1-3H3. The van der Waals surface area contributed by atoms with Gasteiger partial charge in [-0.25, -0.2) is 4.39 Å². The fourth-order valence-electron chi connectivity index (χ4n) is 6.04. The van der Waals surface area contributed by atoms with Crippen molar-refractivity contribution in [3.8, 4) is 51.0 Å². The monoisotopic (exact) mass is 630 g/mol. The van der Waals surface area contributed by atoms with Gasteiger partial charge < -0.3 is 4.74 Å². The Hall–Kier alpha value is -5.13. The predicted molar refractivity (Wildman–Crippen MR) is 201 cm³/mol. The molecule has 0 saturated heterocycles. The molecule has 0 bridgehead atoms. The molecule has 0 aliphatic carbocycles. The first-order valence-corrected chi connectivity index (χ1v) is 17.3. The van der Waals surface area contributed by atoms with Crippen LogP contribution in [0.3, 0.4) is 0 Å². The Morgan fingerprint density at radius 3 is 1.81 bits per heavy atom. The molecule has 0 fully saturated rings. The summed E-state index contributed by atoms with van der Waals surface area (Å²) in [4.78, 5) is 0. The first-order valence-electron chi connectivity index (χ1n) is 17.3. The molecule has 6 aromatic rings. The molecule has 0 aliphatic heterocycles. The first-order chi connectivity index (χ1) is 23.5. The van der Waals surface area contributed by atoms with E-state index in [0.29, 0.717) is 17.7 Å². The number of unbranched alkanes of at least 4 members (excludes halogenated alkanes) is 3. The summed E-state index contributed by atoms with van der Waals surface area (Å²) in [5.74, 6) is 6.91. The number of fused-ring (bicyclic) bond motifs is 1. The smallest absolute Gasteiger partial charge is 0.132 e. The lowest BCUT2D eigenvalue weighted by molar-refractivity contribution is 0.309. The van der Waals surface area contributed by atoms with Crippen LogP contribution in [0.5, 0.6) is 5.75 Å². The summed E-state index contributed by atoms with van der Waals surface area (Å²) < 4.78 is 21.2. The maximum Gasteiger partial charge on any atom is 0.132 e. The second kappa shape index (κ2) is 15.6. The Bertz CT molecular complexity index is 2040. The maximum atomic E-state index is 15.5. The summed E-state index contributed by atoms with van der Waals surface area (Å²) in [6.07, 6.45) is 7.08. The molecule has 0 radical (unpaired) electrons. The van der Waals surface area contributed by atoms with Crippen LogP contribution in [0.1, 0.15) is 68.2 Å². The molecule has 0 amide bonds. The number of hydrogen-bond donors (Lipinski definition) is 0. The van der Waals surface area contributed by atoms with Crippen molar-refractivity contribution in [2.24, 2.45) is 0 Å². The summed E-state index contributed by atoms with van der Waals surface area (Å²) in [7, 11) is 0. The topological polar surface area (TPSA) is 9.23 Å². The van der Waals surface area contributed by atoms with E-state index in [-0.39, 0.29) is 5.82 Å². The Morgan fingerprint density at radius 2 is 1.15 bits per heavy atom. The van der Waals surface area contributed by atoms with Crippen molar-refractivity contribution in [1.82, 2.24) is 0 Å². The van der Waals surface area contributed by atoms with Crippen molar-refractivity contribution >= 4 is 10.8 Å². The minimum absolute atomic E-state index is 0.272. The molecule has 0 atom stereocenters. The van der Waals surface area contributed by atoms with Gasteiger partial charge in [-0.1, -0.05) is 118 Å². The van der Waals surface area contributed by atoms with Crippen LogP contribution in [0.4, 0.5) is 4.39 Å². The van der Waals surface area contributed by atoms with E-state index in [1.165, 1.54) is 41.5 Å². The molecule has 6 rings (SSSR count). The van der Waals surface area contributed by atoms with Crippen molar-refractivity contribution in [3.05, 3.63) is 149 Å². The molecule has 240 valence electrons. The minimum Gasteiger partial charge on any atom is -0.494 e. The van der Waals surface area contributed by atoms with E-state index in [1.54, 1.807) is 6.07 Å². The van der Waals surface area contributed by atoms with E-state index in [2.05, 4.69) is 105 Å². The highest BCUT2D eigenvalue weighted by molar-refractivity contribution is 5.91. The third-order valence-corrected chi connectivity index (χ3v) is 9.00. The van der Waals surface area contributed by atoms with Gasteiger partial charge in [-0.05, 0) is 124 Å². The molecule has 2 heteroatoms. The van der Waals surface area contributed by atoms with Crippen molar-refractivity contribution in [1.29, 1.82) is 0 Å². The van der Waals surface area contributed by atoms with Gasteiger partial charge in [-0.3, -0.25) is 0 Å². The molecule has 6 aromatic carbocycles. The molecule has 0 aromatic heterocycles. The molecule has 0 unspecified atom stereocenters. The van der Waals surface area contributed by atoms with Gasteiger partial charge in [0, 0.05) is 16.7 Å². The van der Waals surface area contributed by atoms with Crippen LogP contribution in [-0.4, -0.2) is 6.61 Å². The van der Waals surface area contributed by atoms with Crippen molar-refractivity contribution < 1.29 is 9.13 Å². The van der Waals surface area contributed by atoms with E-state index in [4.69, 9.17) is 4.74 Å². The zero-order valence-electron chi connectivity index (χ0n) is 28.3. The highest BCUT2D eigenvalue weighted by atomic mass is 19.1. The van der Waals surface area contributed by atoms with E-state index < -0.39 is 0 Å². The Kier molecular flexibility index (Phi) is 10.7. The predicted octanol–water partition coefficient (Wildman–Crippen LogP) is 12.6. The lowest BCUT2D eigenvalue weighted by Crippen LogP contribution is -1.95. The van der Waals surface area contributed by atoms with Gasteiger partial charge in [0.1, 0.15) is 11.6 Å². The van der Waals surface area contributed by atoms with Crippen LogP contribution in [0.15, 0.2) is 121 Å². The SMILES string of the molecule is CCCCCc1ccc(-c2ccc(-c3ccc4cc(-c5cc(C)c(C#Cc6ccc(OCCCC)cc6)cc5F)ccc4c3)cc2)cc1. The Labute approximate surface area is 285 Å². The minimum atomic E-state index is -0.272. The van der Waals surface area contributed by atoms with Crippen LogP contribution in [-0.2, 0) is 6.42 Å². The largest absolute Gasteiger partial charge is 0.494 e. The lowest BCUT2D eigenvalue weighted by atomic mass is 9.95. The summed E-state index contributed by atoms with van der Waals surface area (Å²) >= 11 is 0. The molecule has 0 aliphatic rings. The van der Waals surface area contributed by atoms with E-state index >= 15 is 4.39 Å². The zero-order chi connectivity index (χ0) is 33.3. The number of ether oxygens (including phenoxy) is 1. The van der Waals surface area contributed by atoms with Gasteiger partial charge in [0.2, 0.25) is 0 Å². The normalized spacial score (nSPS) is 10.9. The van der Waals surface area contributed by atoms with Crippen LogP contribution >= 0.6 is 0 Å². The summed E-state index contributed by atoms with van der Waals surface area (Å²) in [5.41, 5.74) is 10.2. The quantitative estimate of drug-likeness (QED) is 0.102. The summed E-state index contributed by atoms with van der Waals surface area (Å²) in [5, 5.41) is 2.20. The third-order valence-electron chi connectivity index (χ3n) is 9.00. The number of benzene rings is 6. The molecule has 0 saturated carbocycles. The highest BCUT2D eigenvalue weighted by Crippen LogP contribution is 2.32. The fraction of sp³-hybridized carbons (Fsp3) is 0.217. The molecular formula is C46H43FO. The summed E-state index contributed by atoms with van der Waals surface area (Å²) in [6, 6.07) is 41.7. The van der Waals surface area contributed by atoms with Crippen LogP contribution < -0.4 is 4.74 Å². The fourth-order valence-corrected chi connectivity index (χ4v) is 6.04. The van der Waals surface area contributed by atoms with Crippen LogP contribution in [0, 0.1) is 24.6 Å². The number of halogens is 1. The zero-order valence-corrected chi connectivity index (χ0v) is 28.3. The van der Waals surface area contributed by atoms with Gasteiger partial charge in [0.05, 0.1) is 6.61 Å². The molecule has 48 heavy (non-hydrogen) atoms. The van der Waals surface area contributed by atoms with Crippen LogP contribution in [0.2, 0.25) is 0 Å². The molecule has 1 nitrogen and oxygen atoms in total. The third kappa shape index (κ3) is 8.04. The van der Waals surface area contributed by atoms with Crippen LogP contribution in [0.25, 0.3) is 44.2 Å². The average Bonchev–Trinajstić information content (AvgIpc) is 3.12. The van der Waals surface area contributed by atoms with Gasteiger partial charge in [0.25, 0.3) is 0 Å². The van der Waals surface area contributed by atoms with Crippen molar-refractivity contribution in [2.75, 3.05) is 6.61 Å². The van der Waals surface area contributed by atoms with E-state index in [1.807, 2.05) is 43.3 Å². The molecular weight excluding hydrogens is 588 g/mol. The summed E-state index contributed by atoms with van der Waals surface area (Å²) in [6.45, 7) is 7.09. The van der Waals surface area contributed by atoms with E-state index in [0.717, 1.165) is 58.0 Å². The average molecular weight is 631 g/mol.